The van der Waals surface area contributed by atoms with E-state index in [-0.39, 0.29) is 6.04 Å². The molecule has 0 aliphatic carbocycles. The number of likely N-dealkylation sites (N-methyl/N-ethyl adjacent to an activating group) is 1. The maximum atomic E-state index is 6.13. The van der Waals surface area contributed by atoms with E-state index in [0.717, 1.165) is 11.4 Å². The van der Waals surface area contributed by atoms with E-state index in [9.17, 15) is 0 Å². The number of hydrogen-bond acceptors (Lipinski definition) is 4. The topological polar surface area (TPSA) is 55.6 Å². The Balaban J connectivity index is 2.20. The largest absolute Gasteiger partial charge is 0.311 e. The molecule has 0 bridgehead atoms. The van der Waals surface area contributed by atoms with E-state index in [0.29, 0.717) is 11.4 Å². The lowest BCUT2D eigenvalue weighted by Gasteiger charge is -2.15. The Morgan fingerprint density at radius 2 is 2.35 bits per heavy atom. The van der Waals surface area contributed by atoms with Gasteiger partial charge >= 0.3 is 0 Å². The van der Waals surface area contributed by atoms with Gasteiger partial charge in [0.1, 0.15) is 0 Å². The van der Waals surface area contributed by atoms with Crippen molar-refractivity contribution in [1.82, 2.24) is 25.3 Å². The maximum Gasteiger partial charge on any atom is 0.0846 e. The van der Waals surface area contributed by atoms with Gasteiger partial charge in [0.15, 0.2) is 0 Å². The zero-order valence-electron chi connectivity index (χ0n) is 9.76. The molecule has 2 rings (SSSR count). The SMILES string of the molecule is CNC(Cc1cn(C)nn1)c1ncccc1Cl. The molecule has 0 aliphatic rings. The van der Waals surface area contributed by atoms with Gasteiger partial charge < -0.3 is 5.32 Å². The van der Waals surface area contributed by atoms with Crippen molar-refractivity contribution < 1.29 is 0 Å². The van der Waals surface area contributed by atoms with Crippen molar-refractivity contribution in [1.29, 1.82) is 0 Å². The van der Waals surface area contributed by atoms with Gasteiger partial charge in [-0.1, -0.05) is 16.8 Å². The van der Waals surface area contributed by atoms with E-state index in [1.54, 1.807) is 10.9 Å². The van der Waals surface area contributed by atoms with E-state index in [1.165, 1.54) is 0 Å². The third-order valence-electron chi connectivity index (χ3n) is 2.53. The summed E-state index contributed by atoms with van der Waals surface area (Å²) in [5.74, 6) is 0. The fourth-order valence-electron chi connectivity index (χ4n) is 1.69. The van der Waals surface area contributed by atoms with Gasteiger partial charge in [-0.05, 0) is 19.2 Å². The number of halogens is 1. The second-order valence-electron chi connectivity index (χ2n) is 3.80. The first-order valence-electron chi connectivity index (χ1n) is 5.33. The van der Waals surface area contributed by atoms with Crippen LogP contribution >= 0.6 is 11.6 Å². The van der Waals surface area contributed by atoms with E-state index in [4.69, 9.17) is 11.6 Å². The molecule has 6 heteroatoms. The highest BCUT2D eigenvalue weighted by Crippen LogP contribution is 2.22. The van der Waals surface area contributed by atoms with Gasteiger partial charge in [0.2, 0.25) is 0 Å². The van der Waals surface area contributed by atoms with Crippen LogP contribution in [0, 0.1) is 0 Å². The molecule has 0 amide bonds. The van der Waals surface area contributed by atoms with Crippen LogP contribution in [0.1, 0.15) is 17.4 Å². The molecule has 1 atom stereocenters. The summed E-state index contributed by atoms with van der Waals surface area (Å²) >= 11 is 6.13. The molecule has 0 saturated carbocycles. The summed E-state index contributed by atoms with van der Waals surface area (Å²) in [4.78, 5) is 4.30. The van der Waals surface area contributed by atoms with Gasteiger partial charge in [0, 0.05) is 25.9 Å². The Morgan fingerprint density at radius 3 is 2.94 bits per heavy atom. The Hall–Kier alpha value is -1.46. The maximum absolute atomic E-state index is 6.13. The number of aromatic nitrogens is 4. The Labute approximate surface area is 105 Å². The zero-order valence-corrected chi connectivity index (χ0v) is 10.5. The van der Waals surface area contributed by atoms with Crippen LogP contribution < -0.4 is 5.32 Å². The first kappa shape index (κ1) is 12.0. The summed E-state index contributed by atoms with van der Waals surface area (Å²) in [7, 11) is 3.73. The molecule has 0 spiro atoms. The molecule has 2 aromatic rings. The minimum atomic E-state index is 0.0420. The zero-order chi connectivity index (χ0) is 12.3. The standard InChI is InChI=1S/C11H14ClN5/c1-13-10(6-8-7-17(2)16-15-8)11-9(12)4-3-5-14-11/h3-5,7,10,13H,6H2,1-2H3. The monoisotopic (exact) mass is 251 g/mol. The Kier molecular flexibility index (Phi) is 3.71. The summed E-state index contributed by atoms with van der Waals surface area (Å²) in [6.07, 6.45) is 4.34. The summed E-state index contributed by atoms with van der Waals surface area (Å²) in [5, 5.41) is 11.8. The third kappa shape index (κ3) is 2.81. The number of rotatable bonds is 4. The molecular weight excluding hydrogens is 238 g/mol. The van der Waals surface area contributed by atoms with E-state index in [2.05, 4.69) is 20.6 Å². The van der Waals surface area contributed by atoms with E-state index >= 15 is 0 Å². The highest BCUT2D eigenvalue weighted by Gasteiger charge is 2.16. The van der Waals surface area contributed by atoms with Crippen LogP contribution in [-0.4, -0.2) is 27.0 Å². The smallest absolute Gasteiger partial charge is 0.0846 e. The first-order valence-corrected chi connectivity index (χ1v) is 5.71. The molecule has 0 radical (unpaired) electrons. The van der Waals surface area contributed by atoms with Crippen molar-refractivity contribution in [2.24, 2.45) is 7.05 Å². The summed E-state index contributed by atoms with van der Waals surface area (Å²) < 4.78 is 1.68. The second kappa shape index (κ2) is 5.25. The van der Waals surface area contributed by atoms with Gasteiger partial charge in [0.25, 0.3) is 0 Å². The van der Waals surface area contributed by atoms with Crippen molar-refractivity contribution in [2.45, 2.75) is 12.5 Å². The van der Waals surface area contributed by atoms with Gasteiger partial charge in [0.05, 0.1) is 22.5 Å². The Bertz CT molecular complexity index is 496. The minimum absolute atomic E-state index is 0.0420. The molecule has 2 heterocycles. The van der Waals surface area contributed by atoms with Gasteiger partial charge in [-0.15, -0.1) is 5.10 Å². The van der Waals surface area contributed by atoms with Crippen molar-refractivity contribution >= 4 is 11.6 Å². The molecule has 0 aromatic carbocycles. The molecule has 17 heavy (non-hydrogen) atoms. The average Bonchev–Trinajstić information content (AvgIpc) is 2.73. The number of aryl methyl sites for hydroxylation is 1. The lowest BCUT2D eigenvalue weighted by Crippen LogP contribution is -2.20. The number of hydrogen-bond donors (Lipinski definition) is 1. The van der Waals surface area contributed by atoms with Crippen molar-refractivity contribution in [3.05, 3.63) is 40.9 Å². The van der Waals surface area contributed by atoms with Crippen LogP contribution in [0.2, 0.25) is 5.02 Å². The lowest BCUT2D eigenvalue weighted by molar-refractivity contribution is 0.568. The normalized spacial score (nSPS) is 12.6. The molecule has 5 nitrogen and oxygen atoms in total. The predicted octanol–water partition coefficient (Wildman–Crippen LogP) is 1.37. The second-order valence-corrected chi connectivity index (χ2v) is 4.21. The van der Waals surface area contributed by atoms with E-state index < -0.39 is 0 Å². The van der Waals surface area contributed by atoms with Gasteiger partial charge in [-0.3, -0.25) is 9.67 Å². The summed E-state index contributed by atoms with van der Waals surface area (Å²) in [6.45, 7) is 0. The van der Waals surface area contributed by atoms with Crippen LogP contribution in [-0.2, 0) is 13.5 Å². The summed E-state index contributed by atoms with van der Waals surface area (Å²) in [5.41, 5.74) is 1.75. The molecule has 2 aromatic heterocycles. The molecule has 1 unspecified atom stereocenters. The number of nitrogens with one attached hydrogen (secondary N) is 1. The number of pyridine rings is 1. The van der Waals surface area contributed by atoms with Gasteiger partial charge in [-0.2, -0.15) is 0 Å². The molecule has 0 fully saturated rings. The highest BCUT2D eigenvalue weighted by atomic mass is 35.5. The predicted molar refractivity (Wildman–Crippen MR) is 65.8 cm³/mol. The molecule has 90 valence electrons. The third-order valence-corrected chi connectivity index (χ3v) is 2.85. The molecule has 0 saturated heterocycles. The van der Waals surface area contributed by atoms with Crippen molar-refractivity contribution in [2.75, 3.05) is 7.05 Å². The van der Waals surface area contributed by atoms with Crippen LogP contribution in [0.3, 0.4) is 0 Å². The lowest BCUT2D eigenvalue weighted by atomic mass is 10.1. The highest BCUT2D eigenvalue weighted by molar-refractivity contribution is 6.31. The van der Waals surface area contributed by atoms with E-state index in [1.807, 2.05) is 32.4 Å². The van der Waals surface area contributed by atoms with Crippen LogP contribution in [0.4, 0.5) is 0 Å². The first-order chi connectivity index (χ1) is 8.20. The Morgan fingerprint density at radius 1 is 1.53 bits per heavy atom. The van der Waals surface area contributed by atoms with Crippen molar-refractivity contribution in [3.8, 4) is 0 Å². The molecular formula is C11H14ClN5. The fraction of sp³-hybridized carbons (Fsp3) is 0.364. The minimum Gasteiger partial charge on any atom is -0.311 e. The quantitative estimate of drug-likeness (QED) is 0.892. The van der Waals surface area contributed by atoms with Crippen LogP contribution in [0.25, 0.3) is 0 Å². The molecule has 0 aliphatic heterocycles. The van der Waals surface area contributed by atoms with Crippen LogP contribution in [0.5, 0.6) is 0 Å². The average molecular weight is 252 g/mol. The molecule has 1 N–H and O–H groups in total. The fourth-order valence-corrected chi connectivity index (χ4v) is 1.94. The van der Waals surface area contributed by atoms with Crippen molar-refractivity contribution in [3.63, 3.8) is 0 Å². The number of nitrogens with zero attached hydrogens (tertiary/aromatic N) is 4. The summed E-state index contributed by atoms with van der Waals surface area (Å²) in [6, 6.07) is 3.70. The van der Waals surface area contributed by atoms with Crippen LogP contribution in [0.15, 0.2) is 24.5 Å². The van der Waals surface area contributed by atoms with Gasteiger partial charge in [-0.25, -0.2) is 0 Å².